The van der Waals surface area contributed by atoms with Gasteiger partial charge in [0.1, 0.15) is 12.1 Å². The predicted octanol–water partition coefficient (Wildman–Crippen LogP) is 4.22. The first-order valence-corrected chi connectivity index (χ1v) is 8.87. The maximum atomic E-state index is 12.9. The molecule has 2 heterocycles. The minimum absolute atomic E-state index is 0.0797. The normalized spacial score (nSPS) is 20.0. The summed E-state index contributed by atoms with van der Waals surface area (Å²) in [6.45, 7) is 1.98. The van der Waals surface area contributed by atoms with Gasteiger partial charge in [-0.3, -0.25) is 0 Å². The minimum atomic E-state index is -4.39. The average molecular weight is 395 g/mol. The molecule has 1 aliphatic rings. The van der Waals surface area contributed by atoms with Crippen molar-refractivity contribution < 1.29 is 27.8 Å². The summed E-state index contributed by atoms with van der Waals surface area (Å²) in [5.74, 6) is -0.737. The summed E-state index contributed by atoms with van der Waals surface area (Å²) >= 11 is 0. The van der Waals surface area contributed by atoms with E-state index in [4.69, 9.17) is 9.84 Å². The number of alkyl halides is 3. The highest BCUT2D eigenvalue weighted by Gasteiger charge is 2.32. The summed E-state index contributed by atoms with van der Waals surface area (Å²) in [6.07, 6.45) is -1.65. The molecule has 0 aliphatic carbocycles. The van der Waals surface area contributed by atoms with Crippen LogP contribution < -0.4 is 5.32 Å². The molecule has 2 N–H and O–H groups in total. The van der Waals surface area contributed by atoms with Crippen LogP contribution in [-0.4, -0.2) is 33.7 Å². The van der Waals surface area contributed by atoms with Gasteiger partial charge in [0.2, 0.25) is 0 Å². The van der Waals surface area contributed by atoms with E-state index >= 15 is 0 Å². The number of anilines is 1. The van der Waals surface area contributed by atoms with Gasteiger partial charge in [0, 0.05) is 12.1 Å². The van der Waals surface area contributed by atoms with Gasteiger partial charge in [-0.25, -0.2) is 14.8 Å². The fourth-order valence-electron chi connectivity index (χ4n) is 3.26. The SMILES string of the molecule is Cc1c(NC[C@H]2CCCC(c3cccc(C(F)(F)F)c3)O2)ncnc1C(=O)O. The van der Waals surface area contributed by atoms with Crippen molar-refractivity contribution >= 4 is 11.8 Å². The van der Waals surface area contributed by atoms with Crippen LogP contribution in [0.1, 0.15) is 52.5 Å². The van der Waals surface area contributed by atoms with Crippen molar-refractivity contribution in [2.75, 3.05) is 11.9 Å². The summed E-state index contributed by atoms with van der Waals surface area (Å²) in [5.41, 5.74) is 0.154. The number of carboxylic acids is 1. The van der Waals surface area contributed by atoms with Gasteiger partial charge in [-0.15, -0.1) is 0 Å². The van der Waals surface area contributed by atoms with Crippen LogP contribution in [0.25, 0.3) is 0 Å². The number of nitrogens with zero attached hydrogens (tertiary/aromatic N) is 2. The fraction of sp³-hybridized carbons (Fsp3) is 0.421. The van der Waals surface area contributed by atoms with Crippen molar-refractivity contribution in [3.8, 4) is 0 Å². The van der Waals surface area contributed by atoms with Gasteiger partial charge in [-0.05, 0) is 43.9 Å². The molecular weight excluding hydrogens is 375 g/mol. The summed E-state index contributed by atoms with van der Waals surface area (Å²) in [4.78, 5) is 18.9. The number of carboxylic acid groups (broad SMARTS) is 1. The van der Waals surface area contributed by atoms with Crippen molar-refractivity contribution in [2.45, 2.75) is 44.6 Å². The van der Waals surface area contributed by atoms with Gasteiger partial charge in [-0.1, -0.05) is 12.1 Å². The first-order valence-electron chi connectivity index (χ1n) is 8.87. The number of benzene rings is 1. The Morgan fingerprint density at radius 1 is 1.32 bits per heavy atom. The molecule has 150 valence electrons. The molecule has 1 aliphatic heterocycles. The highest BCUT2D eigenvalue weighted by atomic mass is 19.4. The third-order valence-electron chi connectivity index (χ3n) is 4.72. The lowest BCUT2D eigenvalue weighted by molar-refractivity contribution is -0.137. The van der Waals surface area contributed by atoms with E-state index < -0.39 is 23.8 Å². The molecule has 0 radical (unpaired) electrons. The Balaban J connectivity index is 1.66. The zero-order valence-electron chi connectivity index (χ0n) is 15.2. The quantitative estimate of drug-likeness (QED) is 0.789. The fourth-order valence-corrected chi connectivity index (χ4v) is 3.26. The summed E-state index contributed by atoms with van der Waals surface area (Å²) < 4.78 is 44.8. The van der Waals surface area contributed by atoms with Crippen LogP contribution in [0.15, 0.2) is 30.6 Å². The number of rotatable bonds is 5. The summed E-state index contributed by atoms with van der Waals surface area (Å²) in [6, 6.07) is 5.21. The Bertz CT molecular complexity index is 858. The van der Waals surface area contributed by atoms with Crippen molar-refractivity contribution in [1.82, 2.24) is 9.97 Å². The maximum absolute atomic E-state index is 12.9. The second-order valence-electron chi connectivity index (χ2n) is 6.68. The standard InChI is InChI=1S/C19H20F3N3O3/c1-11-16(18(26)27)24-10-25-17(11)23-9-14-6-3-7-15(28-14)12-4-2-5-13(8-12)19(20,21)22/h2,4-5,8,10,14-15H,3,6-7,9H2,1H3,(H,26,27)(H,23,24,25)/t14-,15?/m1/s1. The summed E-state index contributed by atoms with van der Waals surface area (Å²) in [5, 5.41) is 12.2. The van der Waals surface area contributed by atoms with E-state index in [-0.39, 0.29) is 11.8 Å². The van der Waals surface area contributed by atoms with Crippen LogP contribution in [0.4, 0.5) is 19.0 Å². The number of nitrogens with one attached hydrogen (secondary N) is 1. The van der Waals surface area contributed by atoms with E-state index in [1.54, 1.807) is 13.0 Å². The van der Waals surface area contributed by atoms with E-state index in [1.165, 1.54) is 12.4 Å². The van der Waals surface area contributed by atoms with Gasteiger partial charge in [0.05, 0.1) is 17.8 Å². The minimum Gasteiger partial charge on any atom is -0.476 e. The smallest absolute Gasteiger partial charge is 0.416 e. The first kappa shape index (κ1) is 20.1. The maximum Gasteiger partial charge on any atom is 0.416 e. The molecule has 0 spiro atoms. The zero-order chi connectivity index (χ0) is 20.3. The van der Waals surface area contributed by atoms with Crippen LogP contribution in [-0.2, 0) is 10.9 Å². The Morgan fingerprint density at radius 3 is 2.82 bits per heavy atom. The van der Waals surface area contributed by atoms with E-state index in [0.29, 0.717) is 29.9 Å². The topological polar surface area (TPSA) is 84.3 Å². The number of aromatic carboxylic acids is 1. The molecule has 9 heteroatoms. The van der Waals surface area contributed by atoms with Crippen LogP contribution in [0.2, 0.25) is 0 Å². The number of hydrogen-bond acceptors (Lipinski definition) is 5. The van der Waals surface area contributed by atoms with Crippen LogP contribution >= 0.6 is 0 Å². The van der Waals surface area contributed by atoms with Crippen molar-refractivity contribution in [1.29, 1.82) is 0 Å². The lowest BCUT2D eigenvalue weighted by atomic mass is 9.97. The van der Waals surface area contributed by atoms with Crippen LogP contribution in [0.5, 0.6) is 0 Å². The lowest BCUT2D eigenvalue weighted by Gasteiger charge is -2.31. The molecule has 2 aromatic rings. The largest absolute Gasteiger partial charge is 0.476 e. The molecule has 0 amide bonds. The molecule has 1 aromatic heterocycles. The highest BCUT2D eigenvalue weighted by Crippen LogP contribution is 2.35. The van der Waals surface area contributed by atoms with Gasteiger partial charge < -0.3 is 15.2 Å². The van der Waals surface area contributed by atoms with E-state index in [1.807, 2.05) is 0 Å². The lowest BCUT2D eigenvalue weighted by Crippen LogP contribution is -2.29. The van der Waals surface area contributed by atoms with Crippen molar-refractivity contribution in [2.24, 2.45) is 0 Å². The van der Waals surface area contributed by atoms with Gasteiger partial charge in [0.15, 0.2) is 5.69 Å². The molecule has 1 saturated heterocycles. The molecular formula is C19H20F3N3O3. The molecule has 28 heavy (non-hydrogen) atoms. The molecule has 3 rings (SSSR count). The third-order valence-corrected chi connectivity index (χ3v) is 4.72. The number of aromatic nitrogens is 2. The number of carbonyl (C=O) groups is 1. The molecule has 0 saturated carbocycles. The van der Waals surface area contributed by atoms with Crippen molar-refractivity contribution in [3.05, 3.63) is 53.0 Å². The predicted molar refractivity (Wildman–Crippen MR) is 95.1 cm³/mol. The highest BCUT2D eigenvalue weighted by molar-refractivity contribution is 5.88. The van der Waals surface area contributed by atoms with Crippen LogP contribution in [0, 0.1) is 6.92 Å². The Kier molecular flexibility index (Phi) is 5.83. The monoisotopic (exact) mass is 395 g/mol. The molecule has 1 unspecified atom stereocenters. The van der Waals surface area contributed by atoms with E-state index in [9.17, 15) is 18.0 Å². The molecule has 2 atom stereocenters. The second-order valence-corrected chi connectivity index (χ2v) is 6.68. The second kappa shape index (κ2) is 8.14. The van der Waals surface area contributed by atoms with Gasteiger partial charge >= 0.3 is 12.1 Å². The average Bonchev–Trinajstić information content (AvgIpc) is 2.66. The molecule has 1 aromatic carbocycles. The summed E-state index contributed by atoms with van der Waals surface area (Å²) in [7, 11) is 0. The van der Waals surface area contributed by atoms with Crippen molar-refractivity contribution in [3.63, 3.8) is 0 Å². The third kappa shape index (κ3) is 4.59. The van der Waals surface area contributed by atoms with Crippen LogP contribution in [0.3, 0.4) is 0 Å². The molecule has 6 nitrogen and oxygen atoms in total. The van der Waals surface area contributed by atoms with E-state index in [0.717, 1.165) is 25.0 Å². The number of ether oxygens (including phenoxy) is 1. The Morgan fingerprint density at radius 2 is 2.11 bits per heavy atom. The zero-order valence-corrected chi connectivity index (χ0v) is 15.2. The van der Waals surface area contributed by atoms with E-state index in [2.05, 4.69) is 15.3 Å². The Labute approximate surface area is 159 Å². The first-order chi connectivity index (χ1) is 13.3. The van der Waals surface area contributed by atoms with Gasteiger partial charge in [-0.2, -0.15) is 13.2 Å². The number of halogens is 3. The molecule has 0 bridgehead atoms. The Hall–Kier alpha value is -2.68. The van der Waals surface area contributed by atoms with Gasteiger partial charge in [0.25, 0.3) is 0 Å². The number of hydrogen-bond donors (Lipinski definition) is 2. The molecule has 1 fully saturated rings.